The number of nitrogens with one attached hydrogen (secondary N) is 1. The van der Waals surface area contributed by atoms with Crippen LogP contribution in [0.4, 0.5) is 5.69 Å². The molecule has 134 valence electrons. The maximum Gasteiger partial charge on any atom is 0.262 e. The third-order valence-corrected chi connectivity index (χ3v) is 4.27. The van der Waals surface area contributed by atoms with Crippen molar-refractivity contribution in [2.24, 2.45) is 0 Å². The average molecular weight is 380 g/mol. The first-order valence-electron chi connectivity index (χ1n) is 8.18. The maximum absolute atomic E-state index is 12.4. The molecular weight excluding hydrogens is 366 g/mol. The van der Waals surface area contributed by atoms with Crippen molar-refractivity contribution in [1.82, 2.24) is 9.78 Å². The molecule has 27 heavy (non-hydrogen) atoms. The predicted molar refractivity (Wildman–Crippen MR) is 103 cm³/mol. The highest BCUT2D eigenvalue weighted by atomic mass is 35.5. The number of hydrogen-bond donors (Lipinski definition) is 1. The molecule has 0 aliphatic carbocycles. The van der Waals surface area contributed by atoms with Gasteiger partial charge >= 0.3 is 0 Å². The number of nitrogens with zero attached hydrogens (tertiary/aromatic N) is 2. The molecule has 3 aromatic rings. The van der Waals surface area contributed by atoms with Gasteiger partial charge in [-0.05, 0) is 54.6 Å². The maximum atomic E-state index is 12.4. The number of halogens is 1. The van der Waals surface area contributed by atoms with E-state index in [4.69, 9.17) is 16.3 Å². The number of ether oxygens (including phenoxy) is 1. The Hall–Kier alpha value is -3.38. The number of carbonyl (C=O) groups excluding carboxylic acids is 2. The van der Waals surface area contributed by atoms with Crippen LogP contribution in [0.3, 0.4) is 0 Å². The molecule has 0 unspecified atom stereocenters. The number of aromatic nitrogens is 2. The summed E-state index contributed by atoms with van der Waals surface area (Å²) in [6, 6.07) is 12.2. The molecule has 2 aromatic carbocycles. The minimum absolute atomic E-state index is 0.0161. The van der Waals surface area contributed by atoms with Crippen LogP contribution in [0.15, 0.2) is 60.9 Å². The fraction of sp³-hybridized carbons (Fsp3) is 0.0500. The fourth-order valence-electron chi connectivity index (χ4n) is 2.66. The van der Waals surface area contributed by atoms with Crippen molar-refractivity contribution < 1.29 is 14.3 Å². The molecular formula is C20H14ClN3O3. The standard InChI is InChI=1S/C20H14ClN3O3/c21-15-3-5-16(6-4-15)24-11-13(10-22-24)1-7-18(25)14-2-8-19-17(9-14)23-20(26)12-27-19/h1-11H,12H2,(H,23,26)/b7-1-. The van der Waals surface area contributed by atoms with Crippen LogP contribution < -0.4 is 10.1 Å². The molecule has 1 aliphatic heterocycles. The molecule has 0 spiro atoms. The lowest BCUT2D eigenvalue weighted by molar-refractivity contribution is -0.118. The number of carbonyl (C=O) groups is 2. The third-order valence-electron chi connectivity index (χ3n) is 4.02. The Labute approximate surface area is 160 Å². The van der Waals surface area contributed by atoms with E-state index in [1.165, 1.54) is 6.08 Å². The zero-order chi connectivity index (χ0) is 18.8. The number of amides is 1. The normalized spacial score (nSPS) is 13.1. The van der Waals surface area contributed by atoms with Crippen molar-refractivity contribution in [2.75, 3.05) is 11.9 Å². The van der Waals surface area contributed by atoms with Crippen molar-refractivity contribution >= 4 is 35.1 Å². The summed E-state index contributed by atoms with van der Waals surface area (Å²) in [5.74, 6) is 0.133. The molecule has 0 atom stereocenters. The van der Waals surface area contributed by atoms with Gasteiger partial charge in [-0.1, -0.05) is 11.6 Å². The summed E-state index contributed by atoms with van der Waals surface area (Å²) in [6.07, 6.45) is 6.64. The van der Waals surface area contributed by atoms with Gasteiger partial charge < -0.3 is 10.1 Å². The number of hydrogen-bond acceptors (Lipinski definition) is 4. The molecule has 0 bridgehead atoms. The first-order chi connectivity index (χ1) is 13.1. The largest absolute Gasteiger partial charge is 0.482 e. The van der Waals surface area contributed by atoms with Gasteiger partial charge in [-0.25, -0.2) is 4.68 Å². The fourth-order valence-corrected chi connectivity index (χ4v) is 2.79. The van der Waals surface area contributed by atoms with Crippen molar-refractivity contribution in [2.45, 2.75) is 0 Å². The van der Waals surface area contributed by atoms with E-state index in [0.29, 0.717) is 22.0 Å². The zero-order valence-electron chi connectivity index (χ0n) is 14.1. The highest BCUT2D eigenvalue weighted by molar-refractivity contribution is 6.30. The summed E-state index contributed by atoms with van der Waals surface area (Å²) < 4.78 is 6.99. The van der Waals surface area contributed by atoms with Crippen LogP contribution in [0.1, 0.15) is 15.9 Å². The molecule has 0 radical (unpaired) electrons. The van der Waals surface area contributed by atoms with Crippen molar-refractivity contribution in [3.05, 3.63) is 77.1 Å². The van der Waals surface area contributed by atoms with Gasteiger partial charge in [0.15, 0.2) is 12.4 Å². The Morgan fingerprint density at radius 2 is 2.04 bits per heavy atom. The SMILES string of the molecule is O=C1COc2ccc(C(=O)/C=C\c3cnn(-c4ccc(Cl)cc4)c3)cc2N1. The topological polar surface area (TPSA) is 73.2 Å². The Kier molecular flexibility index (Phi) is 4.48. The third kappa shape index (κ3) is 3.75. The molecule has 0 fully saturated rings. The number of allylic oxidation sites excluding steroid dienone is 1. The van der Waals surface area contributed by atoms with Gasteiger partial charge in [-0.15, -0.1) is 0 Å². The average Bonchev–Trinajstić information content (AvgIpc) is 3.15. The Morgan fingerprint density at radius 1 is 1.22 bits per heavy atom. The minimum atomic E-state index is -0.239. The first-order valence-corrected chi connectivity index (χ1v) is 8.56. The summed E-state index contributed by atoms with van der Waals surface area (Å²) in [4.78, 5) is 23.8. The van der Waals surface area contributed by atoms with E-state index in [9.17, 15) is 9.59 Å². The van der Waals surface area contributed by atoms with Crippen LogP contribution in [-0.4, -0.2) is 28.1 Å². The smallest absolute Gasteiger partial charge is 0.262 e. The van der Waals surface area contributed by atoms with Crippen molar-refractivity contribution in [3.63, 3.8) is 0 Å². The van der Waals surface area contributed by atoms with Crippen LogP contribution in [0.25, 0.3) is 11.8 Å². The lowest BCUT2D eigenvalue weighted by atomic mass is 10.1. The van der Waals surface area contributed by atoms with E-state index in [2.05, 4.69) is 10.4 Å². The van der Waals surface area contributed by atoms with Crippen LogP contribution in [0, 0.1) is 0 Å². The second-order valence-corrected chi connectivity index (χ2v) is 6.38. The lowest BCUT2D eigenvalue weighted by Crippen LogP contribution is -2.25. The molecule has 1 aliphatic rings. The Morgan fingerprint density at radius 3 is 2.85 bits per heavy atom. The monoisotopic (exact) mass is 379 g/mol. The molecule has 4 rings (SSSR count). The van der Waals surface area contributed by atoms with Crippen LogP contribution in [0.2, 0.25) is 5.02 Å². The van der Waals surface area contributed by atoms with E-state index in [-0.39, 0.29) is 18.3 Å². The van der Waals surface area contributed by atoms with Crippen LogP contribution in [-0.2, 0) is 4.79 Å². The van der Waals surface area contributed by atoms with Gasteiger partial charge in [0.25, 0.3) is 5.91 Å². The summed E-state index contributed by atoms with van der Waals surface area (Å²) in [5.41, 5.74) is 2.62. The van der Waals surface area contributed by atoms with E-state index in [0.717, 1.165) is 11.3 Å². The molecule has 0 saturated carbocycles. The van der Waals surface area contributed by atoms with E-state index < -0.39 is 0 Å². The second-order valence-electron chi connectivity index (χ2n) is 5.94. The minimum Gasteiger partial charge on any atom is -0.482 e. The van der Waals surface area contributed by atoms with Gasteiger partial charge in [-0.3, -0.25) is 9.59 Å². The zero-order valence-corrected chi connectivity index (χ0v) is 14.8. The van der Waals surface area contributed by atoms with Gasteiger partial charge in [0.2, 0.25) is 0 Å². The van der Waals surface area contributed by atoms with E-state index in [1.54, 1.807) is 47.3 Å². The molecule has 7 heteroatoms. The highest BCUT2D eigenvalue weighted by Gasteiger charge is 2.17. The first kappa shape index (κ1) is 17.1. The highest BCUT2D eigenvalue weighted by Crippen LogP contribution is 2.28. The Bertz CT molecular complexity index is 1050. The summed E-state index contributed by atoms with van der Waals surface area (Å²) in [6.45, 7) is -0.0161. The molecule has 1 aromatic heterocycles. The second kappa shape index (κ2) is 7.09. The molecule has 1 N–H and O–H groups in total. The summed E-state index contributed by atoms with van der Waals surface area (Å²) >= 11 is 5.89. The predicted octanol–water partition coefficient (Wildman–Crippen LogP) is 3.75. The quantitative estimate of drug-likeness (QED) is 0.553. The Balaban J connectivity index is 1.50. The van der Waals surface area contributed by atoms with E-state index >= 15 is 0 Å². The molecule has 1 amide bonds. The molecule has 0 saturated heterocycles. The van der Waals surface area contributed by atoms with Crippen LogP contribution in [0.5, 0.6) is 5.75 Å². The lowest BCUT2D eigenvalue weighted by Gasteiger charge is -2.17. The number of anilines is 1. The number of benzene rings is 2. The van der Waals surface area contributed by atoms with Gasteiger partial charge in [0, 0.05) is 22.3 Å². The van der Waals surface area contributed by atoms with Gasteiger partial charge in [0.1, 0.15) is 5.75 Å². The molecule has 6 nitrogen and oxygen atoms in total. The molecule has 2 heterocycles. The van der Waals surface area contributed by atoms with Crippen LogP contribution >= 0.6 is 11.6 Å². The number of ketones is 1. The summed E-state index contributed by atoms with van der Waals surface area (Å²) in [5, 5.41) is 7.63. The van der Waals surface area contributed by atoms with E-state index in [1.807, 2.05) is 18.3 Å². The summed E-state index contributed by atoms with van der Waals surface area (Å²) in [7, 11) is 0. The van der Waals surface area contributed by atoms with Crippen molar-refractivity contribution in [1.29, 1.82) is 0 Å². The number of fused-ring (bicyclic) bond motifs is 1. The number of rotatable bonds is 4. The van der Waals surface area contributed by atoms with Gasteiger partial charge in [-0.2, -0.15) is 5.10 Å². The van der Waals surface area contributed by atoms with Crippen molar-refractivity contribution in [3.8, 4) is 11.4 Å². The van der Waals surface area contributed by atoms with Gasteiger partial charge in [0.05, 0.1) is 17.6 Å².